The van der Waals surface area contributed by atoms with Crippen molar-refractivity contribution >= 4 is 29.2 Å². The van der Waals surface area contributed by atoms with Gasteiger partial charge in [-0.25, -0.2) is 4.79 Å². The molecule has 1 saturated heterocycles. The number of nitrogens with one attached hydrogen (secondary N) is 1. The van der Waals surface area contributed by atoms with Gasteiger partial charge in [0.25, 0.3) is 5.91 Å². The lowest BCUT2D eigenvalue weighted by molar-refractivity contribution is 0.0732. The molecule has 0 aliphatic carbocycles. The number of likely N-dealkylation sites (N-methyl/N-ethyl adjacent to an activating group) is 1. The Labute approximate surface area is 170 Å². The monoisotopic (exact) mass is 400 g/mol. The van der Waals surface area contributed by atoms with Crippen molar-refractivity contribution in [3.05, 3.63) is 64.7 Å². The first-order valence-electron chi connectivity index (χ1n) is 9.28. The van der Waals surface area contributed by atoms with Crippen LogP contribution < -0.4 is 10.2 Å². The Balaban J connectivity index is 1.76. The fourth-order valence-corrected chi connectivity index (χ4v) is 3.33. The Bertz CT molecular complexity index is 839. The lowest BCUT2D eigenvalue weighted by Gasteiger charge is -2.25. The van der Waals surface area contributed by atoms with Crippen molar-refractivity contribution in [2.24, 2.45) is 0 Å². The summed E-state index contributed by atoms with van der Waals surface area (Å²) >= 11 is 6.09. The molecular formula is C21H25ClN4O2. The molecule has 0 saturated carbocycles. The molecule has 148 valence electrons. The summed E-state index contributed by atoms with van der Waals surface area (Å²) in [6.07, 6.45) is 0. The fourth-order valence-electron chi connectivity index (χ4n) is 3.11. The maximum absolute atomic E-state index is 13.1. The van der Waals surface area contributed by atoms with Crippen LogP contribution in [0.5, 0.6) is 0 Å². The Morgan fingerprint density at radius 3 is 2.50 bits per heavy atom. The van der Waals surface area contributed by atoms with Gasteiger partial charge in [-0.2, -0.15) is 0 Å². The third-order valence-electron chi connectivity index (χ3n) is 4.65. The molecule has 3 rings (SSSR count). The van der Waals surface area contributed by atoms with Crippen LogP contribution in [0.25, 0.3) is 0 Å². The molecule has 1 aliphatic heterocycles. The molecule has 0 unspecified atom stereocenters. The summed E-state index contributed by atoms with van der Waals surface area (Å²) in [5.41, 5.74) is 2.38. The van der Waals surface area contributed by atoms with Crippen molar-refractivity contribution in [3.8, 4) is 0 Å². The number of urea groups is 1. The zero-order valence-corrected chi connectivity index (χ0v) is 16.9. The average molecular weight is 401 g/mol. The summed E-state index contributed by atoms with van der Waals surface area (Å²) in [7, 11) is 3.97. The van der Waals surface area contributed by atoms with Crippen LogP contribution in [0.3, 0.4) is 0 Å². The van der Waals surface area contributed by atoms with Crippen LogP contribution in [0.2, 0.25) is 5.02 Å². The summed E-state index contributed by atoms with van der Waals surface area (Å²) in [4.78, 5) is 30.5. The number of hydrogen-bond donors (Lipinski definition) is 1. The maximum Gasteiger partial charge on any atom is 0.321 e. The van der Waals surface area contributed by atoms with Gasteiger partial charge in [-0.3, -0.25) is 9.69 Å². The van der Waals surface area contributed by atoms with Gasteiger partial charge in [0.15, 0.2) is 0 Å². The summed E-state index contributed by atoms with van der Waals surface area (Å²) in [6, 6.07) is 14.7. The molecule has 1 aliphatic rings. The van der Waals surface area contributed by atoms with Gasteiger partial charge in [-0.05, 0) is 56.1 Å². The number of halogens is 1. The number of amides is 3. The lowest BCUT2D eigenvalue weighted by Crippen LogP contribution is -2.36. The smallest absolute Gasteiger partial charge is 0.321 e. The molecule has 0 aromatic heterocycles. The van der Waals surface area contributed by atoms with Crippen LogP contribution in [0, 0.1) is 0 Å². The van der Waals surface area contributed by atoms with Crippen molar-refractivity contribution in [3.63, 3.8) is 0 Å². The van der Waals surface area contributed by atoms with Crippen molar-refractivity contribution in [2.45, 2.75) is 6.54 Å². The maximum atomic E-state index is 13.1. The number of anilines is 1. The molecule has 0 radical (unpaired) electrons. The van der Waals surface area contributed by atoms with E-state index < -0.39 is 0 Å². The highest BCUT2D eigenvalue weighted by molar-refractivity contribution is 6.30. The second kappa shape index (κ2) is 9.08. The van der Waals surface area contributed by atoms with Crippen molar-refractivity contribution in [1.29, 1.82) is 0 Å². The van der Waals surface area contributed by atoms with Crippen LogP contribution in [-0.4, -0.2) is 62.0 Å². The summed E-state index contributed by atoms with van der Waals surface area (Å²) in [5, 5.41) is 3.44. The minimum absolute atomic E-state index is 0.0424. The minimum atomic E-state index is -0.104. The van der Waals surface area contributed by atoms with Gasteiger partial charge >= 0.3 is 6.03 Å². The number of nitrogens with zero attached hydrogens (tertiary/aromatic N) is 3. The standard InChI is InChI=1S/C21H25ClN4O2/c1-24(2)12-13-25(15-16-4-3-5-18(22)14-16)20(27)17-6-8-19(9-7-17)26-11-10-23-21(26)28/h3-9,14H,10-13,15H2,1-2H3,(H,23,28). The molecule has 2 aromatic carbocycles. The van der Waals surface area contributed by atoms with E-state index in [4.69, 9.17) is 11.6 Å². The SMILES string of the molecule is CN(C)CCN(Cc1cccc(Cl)c1)C(=O)c1ccc(N2CCNC2=O)cc1. The first-order chi connectivity index (χ1) is 13.4. The van der Waals surface area contributed by atoms with E-state index in [1.165, 1.54) is 0 Å². The number of carbonyl (C=O) groups excluding carboxylic acids is 2. The molecule has 0 atom stereocenters. The summed E-state index contributed by atoms with van der Waals surface area (Å²) < 4.78 is 0. The molecule has 28 heavy (non-hydrogen) atoms. The Kier molecular flexibility index (Phi) is 6.54. The first-order valence-corrected chi connectivity index (χ1v) is 9.66. The third-order valence-corrected chi connectivity index (χ3v) is 4.88. The topological polar surface area (TPSA) is 55.9 Å². The molecule has 0 spiro atoms. The highest BCUT2D eigenvalue weighted by atomic mass is 35.5. The molecule has 1 N–H and O–H groups in total. The van der Waals surface area contributed by atoms with E-state index in [2.05, 4.69) is 5.32 Å². The fraction of sp³-hybridized carbons (Fsp3) is 0.333. The number of benzene rings is 2. The van der Waals surface area contributed by atoms with Crippen LogP contribution in [0.15, 0.2) is 48.5 Å². The second-order valence-corrected chi connectivity index (χ2v) is 7.53. The van der Waals surface area contributed by atoms with Gasteiger partial charge in [-0.15, -0.1) is 0 Å². The number of carbonyl (C=O) groups is 2. The van der Waals surface area contributed by atoms with E-state index in [0.29, 0.717) is 36.8 Å². The van der Waals surface area contributed by atoms with Gasteiger partial charge < -0.3 is 15.1 Å². The van der Waals surface area contributed by atoms with Crippen LogP contribution in [0.1, 0.15) is 15.9 Å². The van der Waals surface area contributed by atoms with Crippen LogP contribution >= 0.6 is 11.6 Å². The zero-order chi connectivity index (χ0) is 20.1. The third kappa shape index (κ3) is 5.03. The second-order valence-electron chi connectivity index (χ2n) is 7.09. The van der Waals surface area contributed by atoms with Gasteiger partial charge in [0.2, 0.25) is 0 Å². The Morgan fingerprint density at radius 2 is 1.89 bits per heavy atom. The van der Waals surface area contributed by atoms with Gasteiger partial charge in [0.1, 0.15) is 0 Å². The molecule has 3 amide bonds. The predicted molar refractivity (Wildman–Crippen MR) is 112 cm³/mol. The van der Waals surface area contributed by atoms with Gasteiger partial charge in [0, 0.05) is 49.0 Å². The van der Waals surface area contributed by atoms with E-state index in [0.717, 1.165) is 17.8 Å². The Hall–Kier alpha value is -2.57. The largest absolute Gasteiger partial charge is 0.336 e. The molecule has 6 nitrogen and oxygen atoms in total. The first kappa shape index (κ1) is 20.2. The van der Waals surface area contributed by atoms with Gasteiger partial charge in [0.05, 0.1) is 0 Å². The molecular weight excluding hydrogens is 376 g/mol. The zero-order valence-electron chi connectivity index (χ0n) is 16.2. The molecule has 2 aromatic rings. The Morgan fingerprint density at radius 1 is 1.14 bits per heavy atom. The van der Waals surface area contributed by atoms with Crippen molar-refractivity contribution in [2.75, 3.05) is 45.2 Å². The van der Waals surface area contributed by atoms with Gasteiger partial charge in [-0.1, -0.05) is 23.7 Å². The van der Waals surface area contributed by atoms with E-state index in [-0.39, 0.29) is 11.9 Å². The van der Waals surface area contributed by atoms with E-state index in [1.54, 1.807) is 17.0 Å². The average Bonchev–Trinajstić information content (AvgIpc) is 3.10. The number of rotatable bonds is 7. The molecule has 1 heterocycles. The quantitative estimate of drug-likeness (QED) is 0.777. The minimum Gasteiger partial charge on any atom is -0.336 e. The van der Waals surface area contributed by atoms with Crippen LogP contribution in [-0.2, 0) is 6.54 Å². The number of hydrogen-bond acceptors (Lipinski definition) is 3. The normalized spacial score (nSPS) is 13.7. The predicted octanol–water partition coefficient (Wildman–Crippen LogP) is 3.07. The van der Waals surface area contributed by atoms with Crippen molar-refractivity contribution < 1.29 is 9.59 Å². The molecule has 7 heteroatoms. The van der Waals surface area contributed by atoms with E-state index in [1.807, 2.05) is 60.3 Å². The molecule has 1 fully saturated rings. The summed E-state index contributed by atoms with van der Waals surface area (Å²) in [5.74, 6) is -0.0424. The lowest BCUT2D eigenvalue weighted by atomic mass is 10.1. The van der Waals surface area contributed by atoms with E-state index >= 15 is 0 Å². The highest BCUT2D eigenvalue weighted by Crippen LogP contribution is 2.19. The van der Waals surface area contributed by atoms with Crippen LogP contribution in [0.4, 0.5) is 10.5 Å². The van der Waals surface area contributed by atoms with E-state index in [9.17, 15) is 9.59 Å². The summed E-state index contributed by atoms with van der Waals surface area (Å²) in [6.45, 7) is 3.13. The molecule has 0 bridgehead atoms. The van der Waals surface area contributed by atoms with Crippen molar-refractivity contribution in [1.82, 2.24) is 15.1 Å². The highest BCUT2D eigenvalue weighted by Gasteiger charge is 2.22.